The van der Waals surface area contributed by atoms with E-state index in [1.54, 1.807) is 0 Å². The highest BCUT2D eigenvalue weighted by Gasteiger charge is 2.55. The number of rotatable bonds is 1. The maximum atomic E-state index is 13.1. The Labute approximate surface area is 154 Å². The van der Waals surface area contributed by atoms with E-state index in [9.17, 15) is 9.59 Å². The molecule has 8 nitrogen and oxygen atoms in total. The Morgan fingerprint density at radius 2 is 1.78 bits per heavy atom. The van der Waals surface area contributed by atoms with Gasteiger partial charge < -0.3 is 4.84 Å². The van der Waals surface area contributed by atoms with E-state index in [0.717, 1.165) is 15.8 Å². The predicted molar refractivity (Wildman–Crippen MR) is 101 cm³/mol. The molecule has 1 aromatic heterocycles. The Bertz CT molecular complexity index is 1150. The molecule has 1 aromatic carbocycles. The lowest BCUT2D eigenvalue weighted by Gasteiger charge is -2.48. The van der Waals surface area contributed by atoms with Crippen LogP contribution >= 0.6 is 0 Å². The minimum absolute atomic E-state index is 0.341. The first-order chi connectivity index (χ1) is 12.9. The van der Waals surface area contributed by atoms with Gasteiger partial charge in [-0.2, -0.15) is 4.68 Å². The molecule has 0 N–H and O–H groups in total. The molecule has 2 bridgehead atoms. The molecule has 27 heavy (non-hydrogen) atoms. The van der Waals surface area contributed by atoms with Crippen LogP contribution in [0, 0.1) is 6.92 Å². The molecule has 0 saturated heterocycles. The molecule has 0 saturated carbocycles. The normalized spacial score (nSPS) is 27.7. The van der Waals surface area contributed by atoms with Gasteiger partial charge in [-0.3, -0.25) is 4.90 Å². The Kier molecular flexibility index (Phi) is 3.02. The van der Waals surface area contributed by atoms with E-state index in [2.05, 4.69) is 5.16 Å². The molecule has 0 radical (unpaired) electrons. The van der Waals surface area contributed by atoms with Crippen LogP contribution in [0.15, 0.2) is 63.3 Å². The van der Waals surface area contributed by atoms with E-state index in [1.807, 2.05) is 67.3 Å². The number of amidine groups is 1. The van der Waals surface area contributed by atoms with E-state index in [1.165, 1.54) is 16.4 Å². The lowest BCUT2D eigenvalue weighted by atomic mass is 9.97. The van der Waals surface area contributed by atoms with Crippen LogP contribution in [0.1, 0.15) is 18.5 Å². The largest absolute Gasteiger partial charge is 0.382 e. The fraction of sp³-hybridized carbons (Fsp3) is 0.316. The van der Waals surface area contributed by atoms with Crippen LogP contribution < -0.4 is 16.3 Å². The van der Waals surface area contributed by atoms with Crippen molar-refractivity contribution in [3.05, 3.63) is 75.1 Å². The molecule has 4 heterocycles. The number of nitrogens with zero attached hydrogens (tertiary/aromatic N) is 5. The lowest BCUT2D eigenvalue weighted by molar-refractivity contribution is -0.00154. The second-order valence-electron chi connectivity index (χ2n) is 7.13. The zero-order valence-corrected chi connectivity index (χ0v) is 15.2. The molecular weight excluding hydrogens is 346 g/mol. The number of allylic oxidation sites excluding steroid dienone is 2. The molecule has 1 spiro atoms. The summed E-state index contributed by atoms with van der Waals surface area (Å²) >= 11 is 0. The highest BCUT2D eigenvalue weighted by molar-refractivity contribution is 5.97. The van der Waals surface area contributed by atoms with E-state index < -0.39 is 17.5 Å². The highest BCUT2D eigenvalue weighted by atomic mass is 16.6. The fourth-order valence-electron chi connectivity index (χ4n) is 4.18. The molecule has 0 amide bonds. The minimum Gasteiger partial charge on any atom is -0.382 e. The number of anilines is 1. The molecule has 6 rings (SSSR count). The average Bonchev–Trinajstić information content (AvgIpc) is 2.83. The smallest absolute Gasteiger partial charge is 0.349 e. The second kappa shape index (κ2) is 5.12. The molecule has 8 heteroatoms. The molecule has 0 unspecified atom stereocenters. The van der Waals surface area contributed by atoms with Crippen molar-refractivity contribution < 1.29 is 4.84 Å². The van der Waals surface area contributed by atoms with Gasteiger partial charge in [-0.1, -0.05) is 35.0 Å². The van der Waals surface area contributed by atoms with Crippen molar-refractivity contribution >= 4 is 11.5 Å². The van der Waals surface area contributed by atoms with E-state index in [0.29, 0.717) is 5.84 Å². The standard InChI is InChI=1S/C19H19N5O3/c1-12-4-6-14(7-5-12)22-13(2)20-27-16-9-8-15-10-11-19(16,22)24-18(26)21(3)17(25)23(15)24/h4-11,15-16H,1-3H3/t15-,16-,19-/m1/s1. The van der Waals surface area contributed by atoms with Crippen LogP contribution in [0.25, 0.3) is 0 Å². The zero-order valence-electron chi connectivity index (χ0n) is 15.2. The number of hydrogen-bond acceptors (Lipinski definition) is 5. The van der Waals surface area contributed by atoms with Gasteiger partial charge in [-0.25, -0.2) is 18.8 Å². The van der Waals surface area contributed by atoms with Crippen LogP contribution in [0.5, 0.6) is 0 Å². The van der Waals surface area contributed by atoms with Gasteiger partial charge in [0.1, 0.15) is 5.84 Å². The van der Waals surface area contributed by atoms with E-state index >= 15 is 0 Å². The minimum atomic E-state index is -1.05. The third-order valence-electron chi connectivity index (χ3n) is 5.50. The SMILES string of the molecule is CC1=NO[C@@H]2C=C[C@@H]3C=C[C@@]2(N1c1ccc(C)cc1)n1c(=O)n(C)c(=O)n13. The van der Waals surface area contributed by atoms with Gasteiger partial charge in [-0.05, 0) is 38.1 Å². The van der Waals surface area contributed by atoms with Crippen molar-refractivity contribution in [1.29, 1.82) is 0 Å². The Morgan fingerprint density at radius 3 is 2.52 bits per heavy atom. The number of hydrogen-bond donors (Lipinski definition) is 0. The van der Waals surface area contributed by atoms with Crippen molar-refractivity contribution in [2.24, 2.45) is 12.2 Å². The van der Waals surface area contributed by atoms with Crippen molar-refractivity contribution in [1.82, 2.24) is 13.9 Å². The zero-order chi connectivity index (χ0) is 18.9. The number of benzene rings is 1. The Balaban J connectivity index is 1.88. The van der Waals surface area contributed by atoms with Crippen molar-refractivity contribution in [2.45, 2.75) is 31.7 Å². The van der Waals surface area contributed by atoms with Crippen molar-refractivity contribution in [3.8, 4) is 0 Å². The van der Waals surface area contributed by atoms with Crippen LogP contribution in [0.2, 0.25) is 0 Å². The molecule has 0 fully saturated rings. The van der Waals surface area contributed by atoms with Gasteiger partial charge in [-0.15, -0.1) is 0 Å². The Hall–Kier alpha value is -3.29. The summed E-state index contributed by atoms with van der Waals surface area (Å²) in [6, 6.07) is 7.64. The van der Waals surface area contributed by atoms with Gasteiger partial charge in [0, 0.05) is 12.7 Å². The molecule has 2 aromatic rings. The van der Waals surface area contributed by atoms with Crippen molar-refractivity contribution in [3.63, 3.8) is 0 Å². The van der Waals surface area contributed by atoms with Crippen LogP contribution in [-0.4, -0.2) is 25.9 Å². The third kappa shape index (κ3) is 1.84. The van der Waals surface area contributed by atoms with Crippen molar-refractivity contribution in [2.75, 3.05) is 4.90 Å². The molecular formula is C19H19N5O3. The molecule has 1 aliphatic carbocycles. The number of aromatic nitrogens is 3. The second-order valence-corrected chi connectivity index (χ2v) is 7.13. The van der Waals surface area contributed by atoms with E-state index in [-0.39, 0.29) is 11.7 Å². The first-order valence-corrected chi connectivity index (χ1v) is 8.81. The number of aryl methyl sites for hydroxylation is 1. The summed E-state index contributed by atoms with van der Waals surface area (Å²) in [4.78, 5) is 33.6. The van der Waals surface area contributed by atoms with Gasteiger partial charge in [0.15, 0.2) is 6.10 Å². The summed E-state index contributed by atoms with van der Waals surface area (Å²) in [7, 11) is 1.49. The molecule has 3 aliphatic heterocycles. The van der Waals surface area contributed by atoms with Gasteiger partial charge >= 0.3 is 11.4 Å². The van der Waals surface area contributed by atoms with Gasteiger partial charge in [0.25, 0.3) is 0 Å². The molecule has 4 aliphatic rings. The van der Waals surface area contributed by atoms with Crippen LogP contribution in [-0.2, 0) is 17.5 Å². The third-order valence-corrected chi connectivity index (χ3v) is 5.50. The summed E-state index contributed by atoms with van der Waals surface area (Å²) < 4.78 is 4.12. The van der Waals surface area contributed by atoms with E-state index in [4.69, 9.17) is 4.84 Å². The monoisotopic (exact) mass is 365 g/mol. The summed E-state index contributed by atoms with van der Waals surface area (Å²) in [5, 5.41) is 4.23. The Morgan fingerprint density at radius 1 is 1.04 bits per heavy atom. The van der Waals surface area contributed by atoms with Crippen LogP contribution in [0.3, 0.4) is 0 Å². The predicted octanol–water partition coefficient (Wildman–Crippen LogP) is 1.23. The first-order valence-electron chi connectivity index (χ1n) is 8.81. The summed E-state index contributed by atoms with van der Waals surface area (Å²) in [5.41, 5.74) is 0.191. The fourth-order valence-corrected chi connectivity index (χ4v) is 4.18. The number of oxime groups is 1. The summed E-state index contributed by atoms with van der Waals surface area (Å²) in [6.45, 7) is 3.85. The average molecular weight is 365 g/mol. The summed E-state index contributed by atoms with van der Waals surface area (Å²) in [6.07, 6.45) is 7.07. The highest BCUT2D eigenvalue weighted by Crippen LogP contribution is 2.42. The maximum absolute atomic E-state index is 13.1. The van der Waals surface area contributed by atoms with Gasteiger partial charge in [0.05, 0.1) is 6.04 Å². The van der Waals surface area contributed by atoms with Crippen LogP contribution in [0.4, 0.5) is 5.69 Å². The first kappa shape index (κ1) is 15.9. The summed E-state index contributed by atoms with van der Waals surface area (Å²) in [5.74, 6) is 0.600. The lowest BCUT2D eigenvalue weighted by Crippen LogP contribution is -2.65. The molecule has 138 valence electrons. The topological polar surface area (TPSA) is 73.8 Å². The quantitative estimate of drug-likeness (QED) is 0.713. The van der Waals surface area contributed by atoms with Gasteiger partial charge in [0.2, 0.25) is 5.66 Å². The molecule has 3 atom stereocenters. The maximum Gasteiger partial charge on any atom is 0.349 e.